The Balaban J connectivity index is 2.83. The molecule has 0 saturated carbocycles. The quantitative estimate of drug-likeness (QED) is 0.753. The smallest absolute Gasteiger partial charge is 0.335 e. The summed E-state index contributed by atoms with van der Waals surface area (Å²) in [5.74, 6) is -3.69. The number of carbonyl (C=O) groups excluding carboxylic acids is 1. The summed E-state index contributed by atoms with van der Waals surface area (Å²) in [6.07, 6.45) is 0. The first-order chi connectivity index (χ1) is 9.72. The second-order valence-electron chi connectivity index (χ2n) is 5.13. The van der Waals surface area contributed by atoms with Gasteiger partial charge in [-0.1, -0.05) is 13.8 Å². The van der Waals surface area contributed by atoms with Gasteiger partial charge in [-0.2, -0.15) is 0 Å². The standard InChI is InChI=1S/C14H18F2N2O3/c1-7(2)6-17-13(19)8(3)18-12-10(15)4-9(14(20)21)5-11(12)16/h4-5,7-8,18H,6H2,1-3H3,(H,17,19)(H,20,21). The second-order valence-corrected chi connectivity index (χ2v) is 5.13. The van der Waals surface area contributed by atoms with Gasteiger partial charge in [-0.3, -0.25) is 4.79 Å². The lowest BCUT2D eigenvalue weighted by Crippen LogP contribution is -2.39. The van der Waals surface area contributed by atoms with Crippen molar-refractivity contribution in [2.75, 3.05) is 11.9 Å². The molecule has 0 heterocycles. The van der Waals surface area contributed by atoms with Crippen LogP contribution >= 0.6 is 0 Å². The molecule has 116 valence electrons. The summed E-state index contributed by atoms with van der Waals surface area (Å²) < 4.78 is 27.4. The van der Waals surface area contributed by atoms with Crippen LogP contribution in [0.15, 0.2) is 12.1 Å². The molecule has 0 aromatic heterocycles. The number of carbonyl (C=O) groups is 2. The number of carboxylic acid groups (broad SMARTS) is 1. The van der Waals surface area contributed by atoms with Crippen LogP contribution in [-0.2, 0) is 4.79 Å². The van der Waals surface area contributed by atoms with E-state index in [-0.39, 0.29) is 5.92 Å². The van der Waals surface area contributed by atoms with E-state index in [4.69, 9.17) is 5.11 Å². The third kappa shape index (κ3) is 4.70. The van der Waals surface area contributed by atoms with Crippen molar-refractivity contribution in [1.29, 1.82) is 0 Å². The first-order valence-electron chi connectivity index (χ1n) is 6.49. The van der Waals surface area contributed by atoms with Crippen molar-refractivity contribution in [2.24, 2.45) is 5.92 Å². The van der Waals surface area contributed by atoms with Gasteiger partial charge in [0.1, 0.15) is 23.4 Å². The first kappa shape index (κ1) is 16.9. The number of hydrogen-bond donors (Lipinski definition) is 3. The number of hydrogen-bond acceptors (Lipinski definition) is 3. The molecule has 0 aliphatic carbocycles. The number of rotatable bonds is 6. The Bertz CT molecular complexity index is 524. The van der Waals surface area contributed by atoms with Crippen LogP contribution in [0.1, 0.15) is 31.1 Å². The van der Waals surface area contributed by atoms with E-state index in [0.29, 0.717) is 18.7 Å². The van der Waals surface area contributed by atoms with Gasteiger partial charge >= 0.3 is 5.97 Å². The molecule has 0 radical (unpaired) electrons. The summed E-state index contributed by atoms with van der Waals surface area (Å²) in [6, 6.07) is 0.544. The SMILES string of the molecule is CC(C)CNC(=O)C(C)Nc1c(F)cc(C(=O)O)cc1F. The minimum atomic E-state index is -1.43. The minimum Gasteiger partial charge on any atom is -0.478 e. The van der Waals surface area contributed by atoms with Crippen LogP contribution in [0.3, 0.4) is 0 Å². The van der Waals surface area contributed by atoms with Gasteiger partial charge < -0.3 is 15.7 Å². The summed E-state index contributed by atoms with van der Waals surface area (Å²) in [7, 11) is 0. The maximum atomic E-state index is 13.7. The summed E-state index contributed by atoms with van der Waals surface area (Å²) >= 11 is 0. The van der Waals surface area contributed by atoms with Crippen molar-refractivity contribution >= 4 is 17.6 Å². The van der Waals surface area contributed by atoms with Crippen LogP contribution in [0, 0.1) is 17.6 Å². The number of halogens is 2. The van der Waals surface area contributed by atoms with Crippen molar-refractivity contribution < 1.29 is 23.5 Å². The molecule has 21 heavy (non-hydrogen) atoms. The molecule has 1 aromatic carbocycles. The molecule has 5 nitrogen and oxygen atoms in total. The van der Waals surface area contributed by atoms with Gasteiger partial charge in [0.15, 0.2) is 0 Å². The average Bonchev–Trinajstić information content (AvgIpc) is 2.39. The molecular formula is C14H18F2N2O3. The molecule has 1 unspecified atom stereocenters. The van der Waals surface area contributed by atoms with Gasteiger partial charge in [0.05, 0.1) is 5.56 Å². The number of benzene rings is 1. The van der Waals surface area contributed by atoms with Crippen molar-refractivity contribution in [3.8, 4) is 0 Å². The molecule has 0 bridgehead atoms. The molecule has 1 aromatic rings. The highest BCUT2D eigenvalue weighted by atomic mass is 19.1. The monoisotopic (exact) mass is 300 g/mol. The number of amides is 1. The van der Waals surface area contributed by atoms with Gasteiger partial charge in [0, 0.05) is 6.54 Å². The fourth-order valence-electron chi connectivity index (χ4n) is 1.57. The van der Waals surface area contributed by atoms with Crippen molar-refractivity contribution in [1.82, 2.24) is 5.32 Å². The molecule has 0 spiro atoms. The van der Waals surface area contributed by atoms with Crippen LogP contribution in [-0.4, -0.2) is 29.6 Å². The fraction of sp³-hybridized carbons (Fsp3) is 0.429. The molecule has 0 aliphatic heterocycles. The zero-order chi connectivity index (χ0) is 16.2. The Morgan fingerprint density at radius 3 is 2.14 bits per heavy atom. The number of aromatic carboxylic acids is 1. The van der Waals surface area contributed by atoms with Crippen LogP contribution in [0.25, 0.3) is 0 Å². The van der Waals surface area contributed by atoms with Gasteiger partial charge in [0.2, 0.25) is 5.91 Å². The van der Waals surface area contributed by atoms with E-state index in [1.165, 1.54) is 6.92 Å². The number of nitrogens with one attached hydrogen (secondary N) is 2. The average molecular weight is 300 g/mol. The molecule has 0 aliphatic rings. The van der Waals surface area contributed by atoms with E-state index < -0.39 is 40.8 Å². The normalized spacial score (nSPS) is 12.1. The van der Waals surface area contributed by atoms with Crippen LogP contribution < -0.4 is 10.6 Å². The Kier molecular flexibility index (Phi) is 5.63. The van der Waals surface area contributed by atoms with Gasteiger partial charge in [0.25, 0.3) is 0 Å². The van der Waals surface area contributed by atoms with Crippen LogP contribution in [0.5, 0.6) is 0 Å². The Morgan fingerprint density at radius 1 is 1.19 bits per heavy atom. The van der Waals surface area contributed by atoms with Crippen LogP contribution in [0.2, 0.25) is 0 Å². The summed E-state index contributed by atoms with van der Waals surface area (Å²) in [4.78, 5) is 22.4. The lowest BCUT2D eigenvalue weighted by atomic mass is 10.1. The predicted molar refractivity (Wildman–Crippen MR) is 74.2 cm³/mol. The third-order valence-corrected chi connectivity index (χ3v) is 2.73. The largest absolute Gasteiger partial charge is 0.478 e. The fourth-order valence-corrected chi connectivity index (χ4v) is 1.57. The van der Waals surface area contributed by atoms with E-state index in [9.17, 15) is 18.4 Å². The minimum absolute atomic E-state index is 0.254. The van der Waals surface area contributed by atoms with Crippen molar-refractivity contribution in [3.05, 3.63) is 29.3 Å². The highest BCUT2D eigenvalue weighted by Crippen LogP contribution is 2.21. The molecule has 1 rings (SSSR count). The van der Waals surface area contributed by atoms with E-state index >= 15 is 0 Å². The zero-order valence-electron chi connectivity index (χ0n) is 12.0. The molecule has 3 N–H and O–H groups in total. The third-order valence-electron chi connectivity index (χ3n) is 2.73. The molecule has 0 fully saturated rings. The van der Waals surface area contributed by atoms with E-state index in [1.54, 1.807) is 0 Å². The maximum absolute atomic E-state index is 13.7. The summed E-state index contributed by atoms with van der Waals surface area (Å²) in [5, 5.41) is 13.7. The van der Waals surface area contributed by atoms with Crippen LogP contribution in [0.4, 0.5) is 14.5 Å². The summed E-state index contributed by atoms with van der Waals surface area (Å²) in [5.41, 5.74) is -1.01. The molecule has 0 saturated heterocycles. The highest BCUT2D eigenvalue weighted by molar-refractivity contribution is 5.88. The Morgan fingerprint density at radius 2 is 1.71 bits per heavy atom. The predicted octanol–water partition coefficient (Wildman–Crippen LogP) is 2.24. The maximum Gasteiger partial charge on any atom is 0.335 e. The highest BCUT2D eigenvalue weighted by Gasteiger charge is 2.19. The van der Waals surface area contributed by atoms with E-state index in [1.807, 2.05) is 13.8 Å². The van der Waals surface area contributed by atoms with Crippen molar-refractivity contribution in [3.63, 3.8) is 0 Å². The molecule has 1 atom stereocenters. The van der Waals surface area contributed by atoms with Crippen molar-refractivity contribution in [2.45, 2.75) is 26.8 Å². The first-order valence-corrected chi connectivity index (χ1v) is 6.49. The number of carboxylic acids is 1. The molecule has 1 amide bonds. The number of anilines is 1. The van der Waals surface area contributed by atoms with E-state index in [0.717, 1.165) is 0 Å². The Hall–Kier alpha value is -2.18. The zero-order valence-corrected chi connectivity index (χ0v) is 12.0. The topological polar surface area (TPSA) is 78.4 Å². The van der Waals surface area contributed by atoms with E-state index in [2.05, 4.69) is 10.6 Å². The molecule has 7 heteroatoms. The lowest BCUT2D eigenvalue weighted by Gasteiger charge is -2.17. The Labute approximate surface area is 121 Å². The summed E-state index contributed by atoms with van der Waals surface area (Å²) in [6.45, 7) is 5.75. The molecular weight excluding hydrogens is 282 g/mol. The van der Waals surface area contributed by atoms with Gasteiger partial charge in [-0.15, -0.1) is 0 Å². The van der Waals surface area contributed by atoms with Gasteiger partial charge in [-0.25, -0.2) is 13.6 Å². The second kappa shape index (κ2) is 7.01. The lowest BCUT2D eigenvalue weighted by molar-refractivity contribution is -0.121. The van der Waals surface area contributed by atoms with Gasteiger partial charge in [-0.05, 0) is 25.0 Å².